The van der Waals surface area contributed by atoms with E-state index in [0.29, 0.717) is 6.04 Å². The van der Waals surface area contributed by atoms with Gasteiger partial charge in [-0.05, 0) is 37.9 Å². The second-order valence-electron chi connectivity index (χ2n) is 4.41. The summed E-state index contributed by atoms with van der Waals surface area (Å²) in [6.07, 6.45) is 3.50. The number of aryl methyl sites for hydroxylation is 1. The summed E-state index contributed by atoms with van der Waals surface area (Å²) >= 11 is 0. The Morgan fingerprint density at radius 1 is 1.44 bits per heavy atom. The average molecular weight is 220 g/mol. The van der Waals surface area contributed by atoms with E-state index in [4.69, 9.17) is 0 Å². The highest BCUT2D eigenvalue weighted by Crippen LogP contribution is 2.12. The van der Waals surface area contributed by atoms with Gasteiger partial charge < -0.3 is 10.2 Å². The molecular formula is C12H20N4. The number of hydrogen-bond acceptors (Lipinski definition) is 4. The Morgan fingerprint density at radius 3 is 2.88 bits per heavy atom. The molecule has 1 aliphatic rings. The van der Waals surface area contributed by atoms with Crippen molar-refractivity contribution < 1.29 is 0 Å². The first-order valence-electron chi connectivity index (χ1n) is 6.06. The normalized spacial score (nSPS) is 20.0. The second kappa shape index (κ2) is 5.25. The van der Waals surface area contributed by atoms with Gasteiger partial charge >= 0.3 is 0 Å². The fourth-order valence-corrected chi connectivity index (χ4v) is 2.08. The fraction of sp³-hybridized carbons (Fsp3) is 0.667. The molecule has 0 amide bonds. The molecule has 4 nitrogen and oxygen atoms in total. The van der Waals surface area contributed by atoms with Gasteiger partial charge in [0.2, 0.25) is 0 Å². The topological polar surface area (TPSA) is 41.0 Å². The minimum Gasteiger partial charge on any atom is -0.357 e. The molecule has 2 heterocycles. The summed E-state index contributed by atoms with van der Waals surface area (Å²) in [6.45, 7) is 4.26. The molecule has 0 aromatic carbocycles. The molecule has 0 bridgehead atoms. The van der Waals surface area contributed by atoms with Crippen LogP contribution in [-0.2, 0) is 6.42 Å². The summed E-state index contributed by atoms with van der Waals surface area (Å²) in [6, 6.07) is 4.72. The van der Waals surface area contributed by atoms with E-state index in [1.54, 1.807) is 0 Å². The summed E-state index contributed by atoms with van der Waals surface area (Å²) in [5.74, 6) is 0.964. The Bertz CT molecular complexity index is 316. The van der Waals surface area contributed by atoms with Crippen molar-refractivity contribution in [2.24, 2.45) is 0 Å². The van der Waals surface area contributed by atoms with Crippen LogP contribution in [0.15, 0.2) is 12.1 Å². The predicted molar refractivity (Wildman–Crippen MR) is 65.7 cm³/mol. The van der Waals surface area contributed by atoms with Crippen molar-refractivity contribution in [2.75, 3.05) is 25.0 Å². The molecule has 2 rings (SSSR count). The van der Waals surface area contributed by atoms with Gasteiger partial charge in [0.15, 0.2) is 5.82 Å². The number of rotatable bonds is 4. The highest BCUT2D eigenvalue weighted by atomic mass is 15.3. The summed E-state index contributed by atoms with van der Waals surface area (Å²) in [4.78, 5) is 2.18. The summed E-state index contributed by atoms with van der Waals surface area (Å²) < 4.78 is 0. The molecule has 0 radical (unpaired) electrons. The molecule has 16 heavy (non-hydrogen) atoms. The highest BCUT2D eigenvalue weighted by molar-refractivity contribution is 5.36. The smallest absolute Gasteiger partial charge is 0.151 e. The lowest BCUT2D eigenvalue weighted by Gasteiger charge is -2.21. The van der Waals surface area contributed by atoms with Crippen molar-refractivity contribution in [1.82, 2.24) is 15.5 Å². The van der Waals surface area contributed by atoms with Crippen molar-refractivity contribution in [3.05, 3.63) is 17.8 Å². The number of likely N-dealkylation sites (N-methyl/N-ethyl adjacent to an activating group) is 1. The zero-order valence-corrected chi connectivity index (χ0v) is 10.1. The van der Waals surface area contributed by atoms with E-state index in [2.05, 4.69) is 46.5 Å². The van der Waals surface area contributed by atoms with Crippen molar-refractivity contribution in [3.63, 3.8) is 0 Å². The predicted octanol–water partition coefficient (Wildman–Crippen LogP) is 1.23. The highest BCUT2D eigenvalue weighted by Gasteiger charge is 2.16. The van der Waals surface area contributed by atoms with Gasteiger partial charge in [-0.1, -0.05) is 6.92 Å². The number of aromatic nitrogens is 2. The van der Waals surface area contributed by atoms with Crippen LogP contribution >= 0.6 is 0 Å². The minimum atomic E-state index is 0.609. The standard InChI is InChI=1S/C12H20N4/c1-3-10-6-7-12(15-14-10)16(2)9-11-5-4-8-13-11/h6-7,11,13H,3-5,8-9H2,1-2H3. The number of nitrogens with zero attached hydrogens (tertiary/aromatic N) is 3. The van der Waals surface area contributed by atoms with E-state index in [9.17, 15) is 0 Å². The first-order valence-corrected chi connectivity index (χ1v) is 6.06. The van der Waals surface area contributed by atoms with Crippen LogP contribution in [-0.4, -0.2) is 36.4 Å². The molecular weight excluding hydrogens is 200 g/mol. The molecule has 1 aromatic rings. The molecule has 0 saturated carbocycles. The summed E-state index contributed by atoms with van der Waals surface area (Å²) in [5, 5.41) is 11.9. The first kappa shape index (κ1) is 11.3. The zero-order chi connectivity index (χ0) is 11.4. The molecule has 1 aliphatic heterocycles. The van der Waals surface area contributed by atoms with E-state index in [0.717, 1.165) is 31.0 Å². The average Bonchev–Trinajstić information content (AvgIpc) is 2.82. The first-order chi connectivity index (χ1) is 7.79. The number of hydrogen-bond donors (Lipinski definition) is 1. The van der Waals surface area contributed by atoms with Gasteiger partial charge in [0, 0.05) is 19.6 Å². The third kappa shape index (κ3) is 2.70. The lowest BCUT2D eigenvalue weighted by Crippen LogP contribution is -2.35. The lowest BCUT2D eigenvalue weighted by molar-refractivity contribution is 0.595. The maximum absolute atomic E-state index is 4.24. The van der Waals surface area contributed by atoms with Gasteiger partial charge in [-0.2, -0.15) is 5.10 Å². The van der Waals surface area contributed by atoms with E-state index in [1.807, 2.05) is 0 Å². The third-order valence-corrected chi connectivity index (χ3v) is 3.12. The maximum Gasteiger partial charge on any atom is 0.151 e. The van der Waals surface area contributed by atoms with E-state index in [1.165, 1.54) is 12.8 Å². The SMILES string of the molecule is CCc1ccc(N(C)CC2CCCN2)nn1. The molecule has 1 unspecified atom stereocenters. The molecule has 4 heteroatoms. The van der Waals surface area contributed by atoms with Crippen LogP contribution in [0.2, 0.25) is 0 Å². The van der Waals surface area contributed by atoms with Crippen LogP contribution in [0, 0.1) is 0 Å². The van der Waals surface area contributed by atoms with Crippen LogP contribution in [0.4, 0.5) is 5.82 Å². The quantitative estimate of drug-likeness (QED) is 0.828. The number of nitrogens with one attached hydrogen (secondary N) is 1. The van der Waals surface area contributed by atoms with E-state index < -0.39 is 0 Å². The molecule has 1 N–H and O–H groups in total. The largest absolute Gasteiger partial charge is 0.357 e. The minimum absolute atomic E-state index is 0.609. The van der Waals surface area contributed by atoms with Crippen LogP contribution in [0.25, 0.3) is 0 Å². The van der Waals surface area contributed by atoms with Gasteiger partial charge in [0.05, 0.1) is 5.69 Å². The van der Waals surface area contributed by atoms with E-state index in [-0.39, 0.29) is 0 Å². The third-order valence-electron chi connectivity index (χ3n) is 3.12. The lowest BCUT2D eigenvalue weighted by atomic mass is 10.2. The van der Waals surface area contributed by atoms with Crippen LogP contribution in [0.3, 0.4) is 0 Å². The van der Waals surface area contributed by atoms with Gasteiger partial charge in [0.1, 0.15) is 0 Å². The van der Waals surface area contributed by atoms with Gasteiger partial charge in [-0.3, -0.25) is 0 Å². The maximum atomic E-state index is 4.24. The molecule has 1 saturated heterocycles. The molecule has 0 aliphatic carbocycles. The second-order valence-corrected chi connectivity index (χ2v) is 4.41. The molecule has 88 valence electrons. The Hall–Kier alpha value is -1.16. The van der Waals surface area contributed by atoms with Crippen LogP contribution in [0.1, 0.15) is 25.5 Å². The number of anilines is 1. The summed E-state index contributed by atoms with van der Waals surface area (Å²) in [7, 11) is 2.08. The van der Waals surface area contributed by atoms with Gasteiger partial charge in [-0.25, -0.2) is 0 Å². The Balaban J connectivity index is 1.94. The van der Waals surface area contributed by atoms with Gasteiger partial charge in [0.25, 0.3) is 0 Å². The molecule has 0 spiro atoms. The van der Waals surface area contributed by atoms with Crippen molar-refractivity contribution >= 4 is 5.82 Å². The van der Waals surface area contributed by atoms with Gasteiger partial charge in [-0.15, -0.1) is 5.10 Å². The zero-order valence-electron chi connectivity index (χ0n) is 10.1. The monoisotopic (exact) mass is 220 g/mol. The Kier molecular flexibility index (Phi) is 3.72. The van der Waals surface area contributed by atoms with E-state index >= 15 is 0 Å². The Labute approximate surface area is 97.1 Å². The molecule has 1 fully saturated rings. The van der Waals surface area contributed by atoms with Crippen molar-refractivity contribution in [3.8, 4) is 0 Å². The van der Waals surface area contributed by atoms with Crippen molar-refractivity contribution in [2.45, 2.75) is 32.2 Å². The van der Waals surface area contributed by atoms with Crippen LogP contribution < -0.4 is 10.2 Å². The van der Waals surface area contributed by atoms with Crippen molar-refractivity contribution in [1.29, 1.82) is 0 Å². The van der Waals surface area contributed by atoms with Crippen LogP contribution in [0.5, 0.6) is 0 Å². The molecule has 1 atom stereocenters. The summed E-state index contributed by atoms with van der Waals surface area (Å²) in [5.41, 5.74) is 1.05. The Morgan fingerprint density at radius 2 is 2.31 bits per heavy atom. The fourth-order valence-electron chi connectivity index (χ4n) is 2.08. The molecule has 1 aromatic heterocycles.